The van der Waals surface area contributed by atoms with Crippen LogP contribution in [0.1, 0.15) is 62.4 Å². The molecule has 4 rings (SSSR count). The molecule has 1 heterocycles. The Kier molecular flexibility index (Phi) is 7.44. The van der Waals surface area contributed by atoms with Gasteiger partial charge in [0, 0.05) is 56.2 Å². The third-order valence-corrected chi connectivity index (χ3v) is 8.07. The summed E-state index contributed by atoms with van der Waals surface area (Å²) in [5, 5.41) is 0. The quantitative estimate of drug-likeness (QED) is 0.325. The van der Waals surface area contributed by atoms with Gasteiger partial charge in [0.25, 0.3) is 0 Å². The third-order valence-electron chi connectivity index (χ3n) is 8.07. The van der Waals surface area contributed by atoms with E-state index in [2.05, 4.69) is 124 Å². The second-order valence-electron chi connectivity index (χ2n) is 9.75. The average Bonchev–Trinajstić information content (AvgIpc) is 3.20. The number of para-hydroxylation sites is 1. The van der Waals surface area contributed by atoms with Crippen LogP contribution in [0, 0.1) is 13.8 Å². The van der Waals surface area contributed by atoms with Crippen molar-refractivity contribution in [2.24, 2.45) is 0 Å². The average molecular weight is 470 g/mol. The van der Waals surface area contributed by atoms with E-state index in [0.717, 1.165) is 39.1 Å². The van der Waals surface area contributed by atoms with Crippen LogP contribution in [0.2, 0.25) is 0 Å². The summed E-state index contributed by atoms with van der Waals surface area (Å²) in [5.41, 5.74) is 10.8. The SMILES string of the molecule is CCN(CC)c1ccc(C2(c3ccc(N(CC)CC)cc3C)Cc3ccccc3N2CC)c(C)c1. The molecule has 1 aliphatic heterocycles. The maximum absolute atomic E-state index is 2.65. The maximum Gasteiger partial charge on any atom is 0.0952 e. The molecule has 3 heteroatoms. The molecule has 0 unspecified atom stereocenters. The van der Waals surface area contributed by atoms with Gasteiger partial charge in [-0.15, -0.1) is 0 Å². The van der Waals surface area contributed by atoms with E-state index < -0.39 is 0 Å². The molecule has 3 aromatic carbocycles. The van der Waals surface area contributed by atoms with E-state index in [1.54, 1.807) is 0 Å². The summed E-state index contributed by atoms with van der Waals surface area (Å²) in [5.74, 6) is 0. The Morgan fingerprint density at radius 3 is 1.60 bits per heavy atom. The van der Waals surface area contributed by atoms with Crippen LogP contribution in [0.3, 0.4) is 0 Å². The van der Waals surface area contributed by atoms with Crippen LogP contribution in [-0.4, -0.2) is 32.7 Å². The van der Waals surface area contributed by atoms with Crippen molar-refractivity contribution in [1.82, 2.24) is 0 Å². The first-order valence-corrected chi connectivity index (χ1v) is 13.5. The van der Waals surface area contributed by atoms with Crippen molar-refractivity contribution in [2.75, 3.05) is 47.4 Å². The molecule has 0 radical (unpaired) electrons. The molecule has 1 aliphatic rings. The van der Waals surface area contributed by atoms with Crippen molar-refractivity contribution in [2.45, 2.75) is 60.4 Å². The molecule has 0 atom stereocenters. The minimum Gasteiger partial charge on any atom is -0.372 e. The largest absolute Gasteiger partial charge is 0.372 e. The zero-order valence-corrected chi connectivity index (χ0v) is 22.9. The second kappa shape index (κ2) is 10.4. The standard InChI is InChI=1S/C32H43N3/c1-8-33(9-2)27-17-19-29(24(6)21-27)32(23-26-15-13-14-16-31(26)35(32)12-5)30-20-18-28(22-25(30)7)34(10-3)11-4/h13-22H,8-12,23H2,1-7H3. The van der Waals surface area contributed by atoms with E-state index in [9.17, 15) is 0 Å². The first kappa shape index (κ1) is 25.2. The molecule has 0 aliphatic carbocycles. The summed E-state index contributed by atoms with van der Waals surface area (Å²) < 4.78 is 0. The fraction of sp³-hybridized carbons (Fsp3) is 0.438. The molecule has 35 heavy (non-hydrogen) atoms. The van der Waals surface area contributed by atoms with Gasteiger partial charge in [-0.3, -0.25) is 0 Å². The van der Waals surface area contributed by atoms with Gasteiger partial charge in [0.2, 0.25) is 0 Å². The summed E-state index contributed by atoms with van der Waals surface area (Å²) in [6, 6.07) is 23.3. The van der Waals surface area contributed by atoms with E-state index >= 15 is 0 Å². The highest BCUT2D eigenvalue weighted by molar-refractivity contribution is 5.70. The number of benzene rings is 3. The molecule has 3 nitrogen and oxygen atoms in total. The fourth-order valence-electron chi connectivity index (χ4n) is 6.36. The molecule has 3 aromatic rings. The highest BCUT2D eigenvalue weighted by atomic mass is 15.2. The minimum absolute atomic E-state index is 0.212. The smallest absolute Gasteiger partial charge is 0.0952 e. The Labute approximate surface area is 213 Å². The van der Waals surface area contributed by atoms with E-state index in [1.165, 1.54) is 44.9 Å². The number of hydrogen-bond donors (Lipinski definition) is 0. The molecular weight excluding hydrogens is 426 g/mol. The summed E-state index contributed by atoms with van der Waals surface area (Å²) in [6.45, 7) is 20.9. The van der Waals surface area contributed by atoms with Crippen LogP contribution >= 0.6 is 0 Å². The van der Waals surface area contributed by atoms with Crippen molar-refractivity contribution in [3.63, 3.8) is 0 Å². The number of aryl methyl sites for hydroxylation is 2. The third kappa shape index (κ3) is 4.20. The second-order valence-corrected chi connectivity index (χ2v) is 9.75. The normalized spacial score (nSPS) is 14.2. The zero-order valence-electron chi connectivity index (χ0n) is 22.9. The topological polar surface area (TPSA) is 9.72 Å². The van der Waals surface area contributed by atoms with Crippen LogP contribution in [0.5, 0.6) is 0 Å². The monoisotopic (exact) mass is 469 g/mol. The fourth-order valence-corrected chi connectivity index (χ4v) is 6.36. The maximum atomic E-state index is 2.65. The predicted molar refractivity (Wildman–Crippen MR) is 153 cm³/mol. The van der Waals surface area contributed by atoms with Crippen molar-refractivity contribution in [3.05, 3.63) is 88.5 Å². The molecule has 0 fully saturated rings. The predicted octanol–water partition coefficient (Wildman–Crippen LogP) is 7.32. The van der Waals surface area contributed by atoms with Gasteiger partial charge in [-0.05, 0) is 107 Å². The molecule has 0 N–H and O–H groups in total. The molecule has 0 spiro atoms. The van der Waals surface area contributed by atoms with Gasteiger partial charge in [-0.25, -0.2) is 0 Å². The van der Waals surface area contributed by atoms with E-state index in [4.69, 9.17) is 0 Å². The highest BCUT2D eigenvalue weighted by Crippen LogP contribution is 2.51. The van der Waals surface area contributed by atoms with Gasteiger partial charge in [-0.2, -0.15) is 0 Å². The van der Waals surface area contributed by atoms with Crippen LogP contribution in [0.4, 0.5) is 17.1 Å². The minimum atomic E-state index is -0.212. The Hall–Kier alpha value is -2.94. The Bertz CT molecular complexity index is 1100. The molecule has 186 valence electrons. The van der Waals surface area contributed by atoms with Gasteiger partial charge in [0.1, 0.15) is 0 Å². The van der Waals surface area contributed by atoms with Gasteiger partial charge in [0.05, 0.1) is 5.54 Å². The van der Waals surface area contributed by atoms with Crippen molar-refractivity contribution in [3.8, 4) is 0 Å². The summed E-state index contributed by atoms with van der Waals surface area (Å²) in [7, 11) is 0. The van der Waals surface area contributed by atoms with E-state index in [-0.39, 0.29) is 5.54 Å². The first-order chi connectivity index (χ1) is 16.9. The molecule has 0 aromatic heterocycles. The molecular formula is C32H43N3. The van der Waals surface area contributed by atoms with Crippen molar-refractivity contribution in [1.29, 1.82) is 0 Å². The van der Waals surface area contributed by atoms with E-state index in [1.807, 2.05) is 0 Å². The lowest BCUT2D eigenvalue weighted by Gasteiger charge is -2.43. The number of fused-ring (bicyclic) bond motifs is 1. The number of anilines is 3. The number of nitrogens with zero attached hydrogens (tertiary/aromatic N) is 3. The zero-order chi connectivity index (χ0) is 25.2. The lowest BCUT2D eigenvalue weighted by molar-refractivity contribution is 0.506. The van der Waals surface area contributed by atoms with Crippen LogP contribution in [-0.2, 0) is 12.0 Å². The molecule has 0 saturated heterocycles. The van der Waals surface area contributed by atoms with Crippen LogP contribution in [0.25, 0.3) is 0 Å². The van der Waals surface area contributed by atoms with Gasteiger partial charge < -0.3 is 14.7 Å². The number of rotatable bonds is 9. The van der Waals surface area contributed by atoms with Gasteiger partial charge >= 0.3 is 0 Å². The lowest BCUT2D eigenvalue weighted by atomic mass is 9.75. The van der Waals surface area contributed by atoms with Gasteiger partial charge in [0.15, 0.2) is 0 Å². The van der Waals surface area contributed by atoms with Crippen LogP contribution in [0.15, 0.2) is 60.7 Å². The Morgan fingerprint density at radius 2 is 1.17 bits per heavy atom. The Morgan fingerprint density at radius 1 is 0.686 bits per heavy atom. The first-order valence-electron chi connectivity index (χ1n) is 13.5. The summed E-state index contributed by atoms with van der Waals surface area (Å²) in [4.78, 5) is 7.53. The summed E-state index contributed by atoms with van der Waals surface area (Å²) in [6.07, 6.45) is 0.994. The molecule has 0 bridgehead atoms. The van der Waals surface area contributed by atoms with Gasteiger partial charge in [-0.1, -0.05) is 30.3 Å². The number of hydrogen-bond acceptors (Lipinski definition) is 3. The summed E-state index contributed by atoms with van der Waals surface area (Å²) >= 11 is 0. The molecule has 0 amide bonds. The van der Waals surface area contributed by atoms with Crippen molar-refractivity contribution < 1.29 is 0 Å². The number of likely N-dealkylation sites (N-methyl/N-ethyl adjacent to an activating group) is 1. The highest BCUT2D eigenvalue weighted by Gasteiger charge is 2.47. The molecule has 0 saturated carbocycles. The van der Waals surface area contributed by atoms with E-state index in [0.29, 0.717) is 0 Å². The Balaban J connectivity index is 1.94. The van der Waals surface area contributed by atoms with Crippen molar-refractivity contribution >= 4 is 17.1 Å². The lowest BCUT2D eigenvalue weighted by Crippen LogP contribution is -2.46. The van der Waals surface area contributed by atoms with Crippen LogP contribution < -0.4 is 14.7 Å².